The first kappa shape index (κ1) is 16.6. The normalized spacial score (nSPS) is 21.7. The number of nitrogens with zero attached hydrogens (tertiary/aromatic N) is 3. The first-order valence-corrected chi connectivity index (χ1v) is 8.06. The first-order chi connectivity index (χ1) is 11.5. The molecule has 1 saturated heterocycles. The van der Waals surface area contributed by atoms with Crippen molar-refractivity contribution >= 4 is 17.5 Å². The lowest BCUT2D eigenvalue weighted by atomic mass is 10.1. The maximum atomic E-state index is 13.0. The van der Waals surface area contributed by atoms with E-state index >= 15 is 0 Å². The molecule has 2 aliphatic heterocycles. The van der Waals surface area contributed by atoms with Crippen LogP contribution in [0.1, 0.15) is 25.3 Å². The molecule has 1 aromatic rings. The van der Waals surface area contributed by atoms with Crippen molar-refractivity contribution < 1.29 is 18.7 Å². The number of carbonyl (C=O) groups excluding carboxylic acids is 2. The number of carbonyl (C=O) groups is 2. The summed E-state index contributed by atoms with van der Waals surface area (Å²) in [5.41, 5.74) is 1.16. The summed E-state index contributed by atoms with van der Waals surface area (Å²) in [6, 6.07) is 5.90. The van der Waals surface area contributed by atoms with Crippen molar-refractivity contribution in [2.75, 3.05) is 19.7 Å². The molecular formula is C17H20FN3O3. The van der Waals surface area contributed by atoms with Crippen LogP contribution in [0.25, 0.3) is 0 Å². The minimum Gasteiger partial charge on any atom is -0.375 e. The van der Waals surface area contributed by atoms with Crippen LogP contribution in [0.2, 0.25) is 0 Å². The van der Waals surface area contributed by atoms with Crippen molar-refractivity contribution in [3.63, 3.8) is 0 Å². The fourth-order valence-electron chi connectivity index (χ4n) is 2.83. The van der Waals surface area contributed by atoms with Crippen LogP contribution >= 0.6 is 0 Å². The highest BCUT2D eigenvalue weighted by molar-refractivity contribution is 6.39. The molecule has 0 saturated carbocycles. The summed E-state index contributed by atoms with van der Waals surface area (Å²) in [5, 5.41) is 5.55. The Morgan fingerprint density at radius 1 is 1.33 bits per heavy atom. The average molecular weight is 333 g/mol. The molecule has 1 fully saturated rings. The quantitative estimate of drug-likeness (QED) is 0.843. The van der Waals surface area contributed by atoms with E-state index in [1.807, 2.05) is 6.92 Å². The molecule has 128 valence electrons. The van der Waals surface area contributed by atoms with Crippen LogP contribution in [0.4, 0.5) is 4.39 Å². The van der Waals surface area contributed by atoms with Crippen LogP contribution in [0.15, 0.2) is 29.4 Å². The van der Waals surface area contributed by atoms with Crippen molar-refractivity contribution in [1.29, 1.82) is 0 Å². The lowest BCUT2D eigenvalue weighted by Crippen LogP contribution is -2.48. The van der Waals surface area contributed by atoms with Gasteiger partial charge in [-0.1, -0.05) is 12.1 Å². The minimum atomic E-state index is -0.329. The predicted molar refractivity (Wildman–Crippen MR) is 85.6 cm³/mol. The van der Waals surface area contributed by atoms with E-state index in [1.54, 1.807) is 17.0 Å². The zero-order valence-corrected chi connectivity index (χ0v) is 13.6. The Morgan fingerprint density at radius 3 is 2.79 bits per heavy atom. The lowest BCUT2D eigenvalue weighted by molar-refractivity contribution is -0.133. The molecule has 2 amide bonds. The van der Waals surface area contributed by atoms with Crippen LogP contribution in [-0.2, 0) is 20.9 Å². The molecule has 1 aromatic carbocycles. The van der Waals surface area contributed by atoms with Gasteiger partial charge < -0.3 is 9.64 Å². The van der Waals surface area contributed by atoms with Gasteiger partial charge in [-0.3, -0.25) is 9.59 Å². The summed E-state index contributed by atoms with van der Waals surface area (Å²) < 4.78 is 18.4. The zero-order valence-electron chi connectivity index (χ0n) is 13.6. The van der Waals surface area contributed by atoms with E-state index in [0.717, 1.165) is 5.56 Å². The Hall–Kier alpha value is -2.28. The van der Waals surface area contributed by atoms with Crippen LogP contribution in [0, 0.1) is 5.82 Å². The number of morpholine rings is 1. The number of hydrazone groups is 1. The van der Waals surface area contributed by atoms with Gasteiger partial charge in [0, 0.05) is 25.9 Å². The molecule has 0 unspecified atom stereocenters. The fourth-order valence-corrected chi connectivity index (χ4v) is 2.83. The molecule has 2 aliphatic rings. The van der Waals surface area contributed by atoms with Crippen molar-refractivity contribution in [2.24, 2.45) is 5.10 Å². The lowest BCUT2D eigenvalue weighted by Gasteiger charge is -2.32. The molecule has 24 heavy (non-hydrogen) atoms. The van der Waals surface area contributed by atoms with Gasteiger partial charge in [0.1, 0.15) is 11.5 Å². The average Bonchev–Trinajstić information content (AvgIpc) is 2.58. The number of hydrogen-bond acceptors (Lipinski definition) is 4. The maximum absolute atomic E-state index is 13.0. The number of benzene rings is 1. The van der Waals surface area contributed by atoms with E-state index in [9.17, 15) is 14.0 Å². The van der Waals surface area contributed by atoms with Crippen molar-refractivity contribution in [3.8, 4) is 0 Å². The Kier molecular flexibility index (Phi) is 4.89. The molecule has 0 spiro atoms. The fraction of sp³-hybridized carbons (Fsp3) is 0.471. The summed E-state index contributed by atoms with van der Waals surface area (Å²) in [5.74, 6) is -0.600. The Morgan fingerprint density at radius 2 is 2.08 bits per heavy atom. The third-order valence-electron chi connectivity index (χ3n) is 4.13. The standard InChI is InChI=1S/C17H20FN3O3/c1-12-10-20(8-9-24-12)17(23)15-6-7-16(22)21(19-15)11-13-2-4-14(18)5-3-13/h2-5,12H,6-11H2,1H3/t12-/m0/s1. The third-order valence-corrected chi connectivity index (χ3v) is 4.13. The summed E-state index contributed by atoms with van der Waals surface area (Å²) in [7, 11) is 0. The van der Waals surface area contributed by atoms with Gasteiger partial charge in [0.15, 0.2) is 0 Å². The van der Waals surface area contributed by atoms with Gasteiger partial charge in [0.25, 0.3) is 5.91 Å². The number of amides is 2. The highest BCUT2D eigenvalue weighted by Gasteiger charge is 2.29. The molecule has 7 heteroatoms. The van der Waals surface area contributed by atoms with Crippen LogP contribution in [-0.4, -0.2) is 53.2 Å². The highest BCUT2D eigenvalue weighted by atomic mass is 19.1. The van der Waals surface area contributed by atoms with Gasteiger partial charge in [0.05, 0.1) is 19.3 Å². The number of halogens is 1. The summed E-state index contributed by atoms with van der Waals surface area (Å²) in [6.45, 7) is 3.73. The molecule has 0 N–H and O–H groups in total. The molecule has 0 aliphatic carbocycles. The van der Waals surface area contributed by atoms with Gasteiger partial charge >= 0.3 is 0 Å². The number of hydrogen-bond donors (Lipinski definition) is 0. The minimum absolute atomic E-state index is 0.00356. The largest absolute Gasteiger partial charge is 0.375 e. The van der Waals surface area contributed by atoms with Crippen molar-refractivity contribution in [2.45, 2.75) is 32.4 Å². The van der Waals surface area contributed by atoms with Crippen molar-refractivity contribution in [1.82, 2.24) is 9.91 Å². The second kappa shape index (κ2) is 7.09. The van der Waals surface area contributed by atoms with Gasteiger partial charge in [-0.05, 0) is 24.6 Å². The Balaban J connectivity index is 1.72. The predicted octanol–water partition coefficient (Wildman–Crippen LogP) is 1.55. The maximum Gasteiger partial charge on any atom is 0.270 e. The smallest absolute Gasteiger partial charge is 0.270 e. The molecule has 0 bridgehead atoms. The molecule has 1 atom stereocenters. The van der Waals surface area contributed by atoms with Crippen LogP contribution in [0.5, 0.6) is 0 Å². The van der Waals surface area contributed by atoms with E-state index < -0.39 is 0 Å². The van der Waals surface area contributed by atoms with E-state index in [2.05, 4.69) is 5.10 Å². The Labute approximate surface area is 139 Å². The molecule has 2 heterocycles. The second-order valence-electron chi connectivity index (χ2n) is 6.06. The zero-order chi connectivity index (χ0) is 17.1. The molecule has 0 aromatic heterocycles. The van der Waals surface area contributed by atoms with E-state index in [0.29, 0.717) is 31.8 Å². The topological polar surface area (TPSA) is 62.2 Å². The highest BCUT2D eigenvalue weighted by Crippen LogP contribution is 2.16. The van der Waals surface area contributed by atoms with Gasteiger partial charge in [-0.2, -0.15) is 5.10 Å². The van der Waals surface area contributed by atoms with Crippen LogP contribution in [0.3, 0.4) is 0 Å². The molecular weight excluding hydrogens is 313 g/mol. The summed E-state index contributed by atoms with van der Waals surface area (Å²) in [6.07, 6.45) is 0.610. The summed E-state index contributed by atoms with van der Waals surface area (Å²) >= 11 is 0. The first-order valence-electron chi connectivity index (χ1n) is 8.06. The van der Waals surface area contributed by atoms with Gasteiger partial charge in [-0.25, -0.2) is 9.40 Å². The number of ether oxygens (including phenoxy) is 1. The monoisotopic (exact) mass is 333 g/mol. The van der Waals surface area contributed by atoms with Crippen LogP contribution < -0.4 is 0 Å². The van der Waals surface area contributed by atoms with Gasteiger partial charge in [0.2, 0.25) is 5.91 Å². The second-order valence-corrected chi connectivity index (χ2v) is 6.06. The SMILES string of the molecule is C[C@H]1CN(C(=O)C2=NN(Cc3ccc(F)cc3)C(=O)CC2)CCO1. The van der Waals surface area contributed by atoms with Crippen molar-refractivity contribution in [3.05, 3.63) is 35.6 Å². The molecule has 6 nitrogen and oxygen atoms in total. The molecule has 3 rings (SSSR count). The molecule has 0 radical (unpaired) electrons. The third kappa shape index (κ3) is 3.79. The van der Waals surface area contributed by atoms with Gasteiger partial charge in [-0.15, -0.1) is 0 Å². The van der Waals surface area contributed by atoms with E-state index in [-0.39, 0.29) is 36.7 Å². The number of rotatable bonds is 3. The van der Waals surface area contributed by atoms with E-state index in [1.165, 1.54) is 17.1 Å². The Bertz CT molecular complexity index is 660. The van der Waals surface area contributed by atoms with E-state index in [4.69, 9.17) is 4.74 Å². The summed E-state index contributed by atoms with van der Waals surface area (Å²) in [4.78, 5) is 26.4.